The Hall–Kier alpha value is -11.2. The fourth-order valence-corrected chi connectivity index (χ4v) is 14.8. The lowest BCUT2D eigenvalue weighted by atomic mass is 9.94. The highest BCUT2D eigenvalue weighted by atomic mass is 32.1. The Labute approximate surface area is 515 Å². The molecule has 0 bridgehead atoms. The molecule has 0 aliphatic rings. The molecule has 17 aromatic rings. The zero-order valence-electron chi connectivity index (χ0n) is 47.2. The Morgan fingerprint density at radius 1 is 0.193 bits per heavy atom. The summed E-state index contributed by atoms with van der Waals surface area (Å²) in [4.78, 5) is 31.5. The van der Waals surface area contributed by atoms with E-state index in [1.807, 2.05) is 18.2 Å². The van der Waals surface area contributed by atoms with Gasteiger partial charge in [-0.05, 0) is 109 Å². The van der Waals surface area contributed by atoms with E-state index in [4.69, 9.17) is 29.9 Å². The average molecular weight is 1160 g/mol. The Balaban J connectivity index is 0.730. The number of hydrogen-bond acceptors (Lipinski definition) is 8. The first-order valence-corrected chi connectivity index (χ1v) is 31.0. The maximum Gasteiger partial charge on any atom is 0.165 e. The molecular weight excluding hydrogens is 1110 g/mol. The first kappa shape index (κ1) is 51.3. The van der Waals surface area contributed by atoms with Crippen molar-refractivity contribution in [2.75, 3.05) is 0 Å². The van der Waals surface area contributed by atoms with Crippen molar-refractivity contribution in [3.8, 4) is 113 Å². The molecule has 0 fully saturated rings. The van der Waals surface area contributed by atoms with Crippen LogP contribution in [0.2, 0.25) is 0 Å². The van der Waals surface area contributed by atoms with Crippen LogP contribution < -0.4 is 0 Å². The Kier molecular flexibility index (Phi) is 12.5. The fraction of sp³-hybridized carbons (Fsp3) is 0. The van der Waals surface area contributed by atoms with Gasteiger partial charge in [0.05, 0.1) is 0 Å². The van der Waals surface area contributed by atoms with Crippen LogP contribution in [0.4, 0.5) is 0 Å². The van der Waals surface area contributed by atoms with Crippen LogP contribution in [0.25, 0.3) is 175 Å². The third-order valence-electron chi connectivity index (χ3n) is 16.8. The lowest BCUT2D eigenvalue weighted by molar-refractivity contribution is 1.08. The van der Waals surface area contributed by atoms with Gasteiger partial charge in [-0.1, -0.05) is 249 Å². The van der Waals surface area contributed by atoms with E-state index in [9.17, 15) is 0 Å². The summed E-state index contributed by atoms with van der Waals surface area (Å²) in [5, 5.41) is 9.66. The molecule has 0 amide bonds. The van der Waals surface area contributed by atoms with Gasteiger partial charge < -0.3 is 0 Å². The number of benzene rings is 13. The summed E-state index contributed by atoms with van der Waals surface area (Å²) >= 11 is 3.56. The largest absolute Gasteiger partial charge is 0.208 e. The molecule has 0 aliphatic carbocycles. The molecule has 0 unspecified atom stereocenters. The zero-order chi connectivity index (χ0) is 58.1. The van der Waals surface area contributed by atoms with Crippen molar-refractivity contribution in [2.24, 2.45) is 0 Å². The number of rotatable bonds is 10. The zero-order valence-corrected chi connectivity index (χ0v) is 48.8. The van der Waals surface area contributed by atoms with Gasteiger partial charge in [-0.3, -0.25) is 0 Å². The molecule has 0 aliphatic heterocycles. The maximum atomic E-state index is 5.30. The van der Waals surface area contributed by atoms with Gasteiger partial charge in [0.15, 0.2) is 34.9 Å². The van der Waals surface area contributed by atoms with Gasteiger partial charge in [-0.2, -0.15) is 0 Å². The molecule has 17 rings (SSSR count). The fourth-order valence-electron chi connectivity index (χ4n) is 12.3. The van der Waals surface area contributed by atoms with Gasteiger partial charge >= 0.3 is 0 Å². The highest BCUT2D eigenvalue weighted by Gasteiger charge is 2.22. The summed E-state index contributed by atoms with van der Waals surface area (Å²) in [5.41, 5.74) is 14.6. The minimum atomic E-state index is 0.611. The van der Waals surface area contributed by atoms with Crippen molar-refractivity contribution in [1.82, 2.24) is 29.9 Å². The van der Waals surface area contributed by atoms with Crippen LogP contribution in [0, 0.1) is 0 Å². The predicted octanol–water partition coefficient (Wildman–Crippen LogP) is 21.8. The van der Waals surface area contributed by atoms with Gasteiger partial charge in [0.25, 0.3) is 0 Å². The van der Waals surface area contributed by atoms with Gasteiger partial charge in [0.2, 0.25) is 0 Å². The van der Waals surface area contributed by atoms with Crippen LogP contribution in [0.3, 0.4) is 0 Å². The molecule has 8 heteroatoms. The van der Waals surface area contributed by atoms with Crippen LogP contribution in [0.15, 0.2) is 291 Å². The van der Waals surface area contributed by atoms with Crippen LogP contribution in [0.5, 0.6) is 0 Å². The van der Waals surface area contributed by atoms with E-state index < -0.39 is 0 Å². The highest BCUT2D eigenvalue weighted by Crippen LogP contribution is 2.46. The standard InChI is InChI=1S/C80H48N6S2/c1-2-16-54(17-3-1)75-81-76(56-38-30-52(31-39-56)61-42-34-49-14-4-6-18-58(49)46-61)86-80(83-75)69-45-44-64(72-67-23-9-11-27-71(67)88-74(69)72)63-21-12-20-60(48-63)51-28-36-55(37-29-51)77-82-78(57-40-32-53(33-41-57)62-43-35-50-15-5-7-19-59(50)47-62)85-79(84-77)68-25-13-24-66-65-22-8-10-26-70(65)87-73(66)68/h1-48H. The van der Waals surface area contributed by atoms with Crippen molar-refractivity contribution in [3.05, 3.63) is 291 Å². The smallest absolute Gasteiger partial charge is 0.165 e. The van der Waals surface area contributed by atoms with Crippen molar-refractivity contribution >= 4 is 84.6 Å². The Bertz CT molecular complexity index is 5560. The van der Waals surface area contributed by atoms with Crippen molar-refractivity contribution in [2.45, 2.75) is 0 Å². The molecule has 0 saturated heterocycles. The van der Waals surface area contributed by atoms with Crippen LogP contribution >= 0.6 is 22.7 Å². The molecule has 88 heavy (non-hydrogen) atoms. The van der Waals surface area contributed by atoms with E-state index in [2.05, 4.69) is 273 Å². The summed E-state index contributed by atoms with van der Waals surface area (Å²) in [5.74, 6) is 3.74. The third kappa shape index (κ3) is 9.27. The molecule has 0 saturated carbocycles. The summed E-state index contributed by atoms with van der Waals surface area (Å²) < 4.78 is 4.71. The van der Waals surface area contributed by atoms with E-state index in [1.165, 1.54) is 52.5 Å². The second kappa shape index (κ2) is 21.4. The normalized spacial score (nSPS) is 11.6. The predicted molar refractivity (Wildman–Crippen MR) is 368 cm³/mol. The van der Waals surface area contributed by atoms with Crippen molar-refractivity contribution in [3.63, 3.8) is 0 Å². The molecule has 410 valence electrons. The summed E-state index contributed by atoms with van der Waals surface area (Å²) in [6, 6.07) is 103. The first-order chi connectivity index (χ1) is 43.5. The molecule has 0 spiro atoms. The molecule has 4 aromatic heterocycles. The minimum absolute atomic E-state index is 0.611. The SMILES string of the molecule is c1ccc(-c2nc(-c3ccc(-c4ccc5ccccc5c4)cc3)nc(-c3ccc(-c4cccc(-c5ccc(-c6nc(-c7ccc(-c8ccc9ccccc9c8)cc7)nc(-c7cccc8c7sc7ccccc78)n6)cc5)c4)c4c3sc3ccccc34)n2)cc1. The Morgan fingerprint density at radius 3 is 1.12 bits per heavy atom. The van der Waals surface area contributed by atoms with Crippen molar-refractivity contribution in [1.29, 1.82) is 0 Å². The van der Waals surface area contributed by atoms with E-state index >= 15 is 0 Å². The van der Waals surface area contributed by atoms with E-state index in [0.29, 0.717) is 34.9 Å². The van der Waals surface area contributed by atoms with E-state index in [0.717, 1.165) is 87.3 Å². The number of fused-ring (bicyclic) bond motifs is 8. The lowest BCUT2D eigenvalue weighted by Crippen LogP contribution is -2.00. The highest BCUT2D eigenvalue weighted by molar-refractivity contribution is 7.26. The molecular formula is C80H48N6S2. The lowest BCUT2D eigenvalue weighted by Gasteiger charge is -2.13. The molecule has 13 aromatic carbocycles. The van der Waals surface area contributed by atoms with Gasteiger partial charge in [-0.25, -0.2) is 29.9 Å². The van der Waals surface area contributed by atoms with Crippen molar-refractivity contribution < 1.29 is 0 Å². The molecule has 4 heterocycles. The number of nitrogens with zero attached hydrogens (tertiary/aromatic N) is 6. The number of hydrogen-bond donors (Lipinski definition) is 0. The molecule has 0 atom stereocenters. The summed E-state index contributed by atoms with van der Waals surface area (Å²) in [6.07, 6.45) is 0. The maximum absolute atomic E-state index is 5.30. The number of thiophene rings is 2. The second-order valence-electron chi connectivity index (χ2n) is 22.2. The van der Waals surface area contributed by atoms with E-state index in [1.54, 1.807) is 22.7 Å². The monoisotopic (exact) mass is 1160 g/mol. The van der Waals surface area contributed by atoms with Gasteiger partial charge in [0, 0.05) is 73.7 Å². The Morgan fingerprint density at radius 2 is 0.557 bits per heavy atom. The molecule has 0 N–H and O–H groups in total. The quantitative estimate of drug-likeness (QED) is 0.136. The average Bonchev–Trinajstić information content (AvgIpc) is 2.42. The van der Waals surface area contributed by atoms with Gasteiger partial charge in [-0.15, -0.1) is 22.7 Å². The molecule has 0 radical (unpaired) electrons. The summed E-state index contributed by atoms with van der Waals surface area (Å²) in [7, 11) is 0. The van der Waals surface area contributed by atoms with Gasteiger partial charge in [0.1, 0.15) is 0 Å². The minimum Gasteiger partial charge on any atom is -0.208 e. The van der Waals surface area contributed by atoms with Crippen LogP contribution in [0.1, 0.15) is 0 Å². The molecule has 6 nitrogen and oxygen atoms in total. The third-order valence-corrected chi connectivity index (χ3v) is 19.2. The topological polar surface area (TPSA) is 77.3 Å². The first-order valence-electron chi connectivity index (χ1n) is 29.4. The van der Waals surface area contributed by atoms with Crippen LogP contribution in [-0.4, -0.2) is 29.9 Å². The second-order valence-corrected chi connectivity index (χ2v) is 24.3. The number of aromatic nitrogens is 6. The van der Waals surface area contributed by atoms with E-state index in [-0.39, 0.29) is 0 Å². The summed E-state index contributed by atoms with van der Waals surface area (Å²) in [6.45, 7) is 0. The van der Waals surface area contributed by atoms with Crippen LogP contribution in [-0.2, 0) is 0 Å².